The smallest absolute Gasteiger partial charge is 0.410 e. The van der Waals surface area contributed by atoms with Gasteiger partial charge in [0.2, 0.25) is 0 Å². The van der Waals surface area contributed by atoms with E-state index in [1.807, 2.05) is 46.0 Å². The number of aryl methyl sites for hydroxylation is 1. The maximum absolute atomic E-state index is 12.4. The van der Waals surface area contributed by atoms with Gasteiger partial charge < -0.3 is 24.1 Å². The third kappa shape index (κ3) is 6.10. The Morgan fingerprint density at radius 3 is 2.58 bits per heavy atom. The predicted octanol–water partition coefficient (Wildman–Crippen LogP) is 4.34. The van der Waals surface area contributed by atoms with Crippen LogP contribution in [0.1, 0.15) is 56.7 Å². The zero-order valence-electron chi connectivity index (χ0n) is 21.6. The molecule has 0 atom stereocenters. The first-order valence-corrected chi connectivity index (χ1v) is 12.3. The minimum atomic E-state index is -0.502. The molecule has 36 heavy (non-hydrogen) atoms. The Balaban J connectivity index is 1.52. The first kappa shape index (κ1) is 25.4. The number of pyridine rings is 1. The quantitative estimate of drug-likeness (QED) is 0.504. The third-order valence-corrected chi connectivity index (χ3v) is 5.94. The number of amides is 1. The van der Waals surface area contributed by atoms with Gasteiger partial charge in [0.1, 0.15) is 5.60 Å². The Hall–Kier alpha value is -3.69. The molecule has 0 radical (unpaired) electrons. The molecule has 1 saturated heterocycles. The summed E-state index contributed by atoms with van der Waals surface area (Å²) in [5.41, 5.74) is 2.83. The Labute approximate surface area is 211 Å². The maximum atomic E-state index is 12.4. The van der Waals surface area contributed by atoms with Gasteiger partial charge in [-0.2, -0.15) is 0 Å². The van der Waals surface area contributed by atoms with E-state index in [9.17, 15) is 9.59 Å². The predicted molar refractivity (Wildman–Crippen MR) is 136 cm³/mol. The molecule has 1 amide bonds. The van der Waals surface area contributed by atoms with Crippen molar-refractivity contribution >= 4 is 23.5 Å². The number of rotatable bonds is 6. The third-order valence-electron chi connectivity index (χ3n) is 5.94. The molecule has 0 bridgehead atoms. The summed E-state index contributed by atoms with van der Waals surface area (Å²) >= 11 is 0. The van der Waals surface area contributed by atoms with Gasteiger partial charge in [0.05, 0.1) is 12.3 Å². The lowest BCUT2D eigenvalue weighted by Gasteiger charge is -2.33. The van der Waals surface area contributed by atoms with E-state index >= 15 is 0 Å². The number of likely N-dealkylation sites (tertiary alicyclic amines) is 1. The zero-order chi connectivity index (χ0) is 25.9. The van der Waals surface area contributed by atoms with Gasteiger partial charge in [-0.3, -0.25) is 4.98 Å². The monoisotopic (exact) mass is 494 g/mol. The number of imidazole rings is 1. The number of hydrogen-bond donors (Lipinski definition) is 1. The van der Waals surface area contributed by atoms with E-state index in [1.165, 1.54) is 0 Å². The van der Waals surface area contributed by atoms with Crippen LogP contribution in [0.4, 0.5) is 10.6 Å². The number of esters is 1. The first-order chi connectivity index (χ1) is 17.1. The lowest BCUT2D eigenvalue weighted by Crippen LogP contribution is -2.42. The van der Waals surface area contributed by atoms with Gasteiger partial charge >= 0.3 is 12.1 Å². The highest BCUT2D eigenvalue weighted by molar-refractivity contribution is 5.89. The molecule has 192 valence electrons. The summed E-state index contributed by atoms with van der Waals surface area (Å²) in [6.07, 6.45) is 6.71. The number of carbonyl (C=O) groups excluding carboxylic acids is 2. The van der Waals surface area contributed by atoms with Gasteiger partial charge in [-0.15, -0.1) is 0 Å². The molecule has 4 heterocycles. The molecule has 10 heteroatoms. The van der Waals surface area contributed by atoms with Crippen LogP contribution in [0.5, 0.6) is 0 Å². The van der Waals surface area contributed by atoms with Crippen LogP contribution in [-0.4, -0.2) is 68.2 Å². The summed E-state index contributed by atoms with van der Waals surface area (Å²) in [4.78, 5) is 40.1. The number of nitrogens with zero attached hydrogens (tertiary/aromatic N) is 5. The van der Waals surface area contributed by atoms with Crippen molar-refractivity contribution in [3.05, 3.63) is 42.1 Å². The largest absolute Gasteiger partial charge is 0.461 e. The number of hydrogen-bond acceptors (Lipinski definition) is 8. The van der Waals surface area contributed by atoms with Crippen molar-refractivity contribution in [3.63, 3.8) is 0 Å². The van der Waals surface area contributed by atoms with Gasteiger partial charge in [0.15, 0.2) is 17.2 Å². The molecule has 1 aliphatic rings. The van der Waals surface area contributed by atoms with Gasteiger partial charge in [-0.05, 0) is 65.5 Å². The van der Waals surface area contributed by atoms with E-state index in [0.29, 0.717) is 37.0 Å². The summed E-state index contributed by atoms with van der Waals surface area (Å²) in [6, 6.07) is 3.87. The van der Waals surface area contributed by atoms with Crippen LogP contribution < -0.4 is 5.32 Å². The highest BCUT2D eigenvalue weighted by atomic mass is 16.6. The molecule has 0 unspecified atom stereocenters. The molecule has 4 rings (SSSR count). The topological polar surface area (TPSA) is 111 Å². The van der Waals surface area contributed by atoms with Crippen molar-refractivity contribution in [1.29, 1.82) is 0 Å². The fourth-order valence-corrected chi connectivity index (χ4v) is 4.15. The lowest BCUT2D eigenvalue weighted by atomic mass is 9.97. The number of nitrogens with one attached hydrogen (secondary N) is 1. The molecule has 3 aromatic heterocycles. The Morgan fingerprint density at radius 2 is 1.92 bits per heavy atom. The van der Waals surface area contributed by atoms with Gasteiger partial charge in [0, 0.05) is 49.5 Å². The van der Waals surface area contributed by atoms with Crippen LogP contribution in [0, 0.1) is 12.8 Å². The fraction of sp³-hybridized carbons (Fsp3) is 0.500. The van der Waals surface area contributed by atoms with Crippen molar-refractivity contribution in [1.82, 2.24) is 24.3 Å². The molecule has 0 aromatic carbocycles. The molecule has 1 aliphatic heterocycles. The minimum Gasteiger partial charge on any atom is -0.461 e. The lowest BCUT2D eigenvalue weighted by molar-refractivity contribution is 0.0187. The second-order valence-electron chi connectivity index (χ2n) is 10.0. The van der Waals surface area contributed by atoms with Crippen LogP contribution in [0.2, 0.25) is 0 Å². The Kier molecular flexibility index (Phi) is 7.42. The van der Waals surface area contributed by atoms with E-state index < -0.39 is 11.6 Å². The summed E-state index contributed by atoms with van der Waals surface area (Å²) in [5.74, 6) is 0.479. The summed E-state index contributed by atoms with van der Waals surface area (Å²) in [6.45, 7) is 11.6. The number of ether oxygens (including phenoxy) is 2. The SMILES string of the molecule is CCOC(=O)c1cn2cc(-c3ccnc(C)c3)nc(NCC3CCN(C(=O)OC(C)(C)C)CC3)c2n1. The highest BCUT2D eigenvalue weighted by Gasteiger charge is 2.27. The van der Waals surface area contributed by atoms with E-state index in [1.54, 1.807) is 28.6 Å². The second-order valence-corrected chi connectivity index (χ2v) is 10.0. The zero-order valence-corrected chi connectivity index (χ0v) is 21.6. The standard InChI is InChI=1S/C26H34N6O4/c1-6-35-24(33)21-16-32-15-20(19-7-10-27-17(2)13-19)29-22(23(32)30-21)28-14-18-8-11-31(12-9-18)25(34)36-26(3,4)5/h7,10,13,15-16,18H,6,8-9,11-12,14H2,1-5H3,(H,28,29). The molecule has 10 nitrogen and oxygen atoms in total. The maximum Gasteiger partial charge on any atom is 0.410 e. The van der Waals surface area contributed by atoms with Crippen molar-refractivity contribution in [2.24, 2.45) is 5.92 Å². The van der Waals surface area contributed by atoms with Crippen LogP contribution in [0.25, 0.3) is 16.9 Å². The van der Waals surface area contributed by atoms with Gasteiger partial charge in [0.25, 0.3) is 0 Å². The van der Waals surface area contributed by atoms with Crippen molar-refractivity contribution < 1.29 is 19.1 Å². The van der Waals surface area contributed by atoms with Crippen molar-refractivity contribution in [2.75, 3.05) is 31.6 Å². The summed E-state index contributed by atoms with van der Waals surface area (Å²) < 4.78 is 12.4. The average molecular weight is 495 g/mol. The molecule has 3 aromatic rings. The molecule has 0 saturated carbocycles. The Morgan fingerprint density at radius 1 is 1.17 bits per heavy atom. The van der Waals surface area contributed by atoms with Crippen LogP contribution in [0.15, 0.2) is 30.7 Å². The van der Waals surface area contributed by atoms with Crippen LogP contribution in [-0.2, 0) is 9.47 Å². The molecule has 1 fully saturated rings. The van der Waals surface area contributed by atoms with Gasteiger partial charge in [-0.1, -0.05) is 0 Å². The molecular formula is C26H34N6O4. The minimum absolute atomic E-state index is 0.232. The van der Waals surface area contributed by atoms with E-state index in [0.717, 1.165) is 29.8 Å². The number of carbonyl (C=O) groups is 2. The van der Waals surface area contributed by atoms with Gasteiger partial charge in [-0.25, -0.2) is 19.6 Å². The van der Waals surface area contributed by atoms with Crippen molar-refractivity contribution in [2.45, 2.75) is 53.1 Å². The van der Waals surface area contributed by atoms with Crippen molar-refractivity contribution in [3.8, 4) is 11.3 Å². The molecular weight excluding hydrogens is 460 g/mol. The van der Waals surface area contributed by atoms with Crippen LogP contribution >= 0.6 is 0 Å². The second kappa shape index (κ2) is 10.5. The fourth-order valence-electron chi connectivity index (χ4n) is 4.15. The number of piperidine rings is 1. The summed E-state index contributed by atoms with van der Waals surface area (Å²) in [7, 11) is 0. The van der Waals surface area contributed by atoms with Crippen LogP contribution in [0.3, 0.4) is 0 Å². The number of aromatic nitrogens is 4. The molecule has 0 spiro atoms. The molecule has 0 aliphatic carbocycles. The molecule has 1 N–H and O–H groups in total. The first-order valence-electron chi connectivity index (χ1n) is 12.3. The van der Waals surface area contributed by atoms with E-state index in [4.69, 9.17) is 14.5 Å². The van der Waals surface area contributed by atoms with E-state index in [-0.39, 0.29) is 18.4 Å². The van der Waals surface area contributed by atoms with E-state index in [2.05, 4.69) is 15.3 Å². The highest BCUT2D eigenvalue weighted by Crippen LogP contribution is 2.25. The average Bonchev–Trinajstić information content (AvgIpc) is 3.26. The number of fused-ring (bicyclic) bond motifs is 1. The Bertz CT molecular complexity index is 1240. The normalized spacial score (nSPS) is 14.6. The summed E-state index contributed by atoms with van der Waals surface area (Å²) in [5, 5.41) is 3.45. The number of anilines is 1.